The van der Waals surface area contributed by atoms with Crippen molar-refractivity contribution in [3.8, 4) is 5.75 Å². The number of rotatable bonds is 7. The Balaban J connectivity index is 1.41. The van der Waals surface area contributed by atoms with Crippen molar-refractivity contribution in [1.82, 2.24) is 15.0 Å². The number of azo groups is 1. The smallest absolute Gasteiger partial charge is 0.294 e. The van der Waals surface area contributed by atoms with Crippen LogP contribution in [0.5, 0.6) is 5.75 Å². The number of hydrogen-bond acceptors (Lipinski definition) is 10. The zero-order chi connectivity index (χ0) is 30.1. The molecule has 0 amide bonds. The molecule has 0 radical (unpaired) electrons. The van der Waals surface area contributed by atoms with Crippen LogP contribution < -0.4 is 10.6 Å². The number of nitrogens with zero attached hydrogens (tertiary/aromatic N) is 5. The minimum Gasteiger partial charge on any atom is -0.505 e. The average molecular weight is 612 g/mol. The summed E-state index contributed by atoms with van der Waals surface area (Å²) in [7, 11) is -4.61. The second kappa shape index (κ2) is 11.2. The summed E-state index contributed by atoms with van der Waals surface area (Å²) < 4.78 is 34.0. The van der Waals surface area contributed by atoms with Gasteiger partial charge in [-0.3, -0.25) is 4.55 Å². The quantitative estimate of drug-likeness (QED) is 0.103. The van der Waals surface area contributed by atoms with Crippen LogP contribution in [-0.2, 0) is 10.1 Å². The lowest BCUT2D eigenvalue weighted by Crippen LogP contribution is -2.05. The number of aromatic nitrogens is 3. The van der Waals surface area contributed by atoms with Crippen molar-refractivity contribution >= 4 is 77.9 Å². The topological polar surface area (TPSA) is 162 Å². The highest BCUT2D eigenvalue weighted by molar-refractivity contribution is 7.85. The van der Waals surface area contributed by atoms with E-state index < -0.39 is 15.0 Å². The van der Waals surface area contributed by atoms with Gasteiger partial charge in [0.1, 0.15) is 5.69 Å². The Labute approximate surface area is 250 Å². The van der Waals surface area contributed by atoms with Crippen LogP contribution in [0.15, 0.2) is 106 Å². The summed E-state index contributed by atoms with van der Waals surface area (Å²) in [6, 6.07) is 26.4. The maximum Gasteiger partial charge on any atom is 0.294 e. The maximum atomic E-state index is 12.1. The number of aromatic hydroxyl groups is 1. The summed E-state index contributed by atoms with van der Waals surface area (Å²) in [4.78, 5) is 12.1. The monoisotopic (exact) mass is 611 g/mol. The Kier molecular flexibility index (Phi) is 7.32. The summed E-state index contributed by atoms with van der Waals surface area (Å²) in [5.74, 6) is -0.214. The number of anilines is 4. The molecular weight excluding hydrogens is 590 g/mol. The number of fused-ring (bicyclic) bond motifs is 2. The number of aryl methyl sites for hydroxylation is 1. The fraction of sp³-hybridized carbons (Fsp3) is 0.0333. The third-order valence-corrected chi connectivity index (χ3v) is 7.48. The Morgan fingerprint density at radius 1 is 0.767 bits per heavy atom. The molecule has 0 spiro atoms. The predicted molar refractivity (Wildman–Crippen MR) is 166 cm³/mol. The fourth-order valence-electron chi connectivity index (χ4n) is 4.52. The maximum absolute atomic E-state index is 12.1. The summed E-state index contributed by atoms with van der Waals surface area (Å²) in [5.41, 5.74) is 2.49. The molecule has 5 aromatic carbocycles. The Bertz CT molecular complexity index is 2170. The van der Waals surface area contributed by atoms with Crippen LogP contribution in [0.2, 0.25) is 5.28 Å². The highest BCUT2D eigenvalue weighted by Crippen LogP contribution is 2.42. The number of nitrogens with one attached hydrogen (secondary N) is 2. The molecule has 13 heteroatoms. The van der Waals surface area contributed by atoms with E-state index in [0.29, 0.717) is 11.4 Å². The van der Waals surface area contributed by atoms with Gasteiger partial charge < -0.3 is 15.7 Å². The van der Waals surface area contributed by atoms with Crippen LogP contribution in [0.1, 0.15) is 5.56 Å². The first kappa shape index (κ1) is 28.0. The highest BCUT2D eigenvalue weighted by atomic mass is 35.5. The van der Waals surface area contributed by atoms with Crippen molar-refractivity contribution in [2.45, 2.75) is 11.8 Å². The first-order valence-electron chi connectivity index (χ1n) is 12.8. The molecule has 6 aromatic rings. The van der Waals surface area contributed by atoms with E-state index in [1.54, 1.807) is 6.07 Å². The zero-order valence-electron chi connectivity index (χ0n) is 22.4. The Hall–Kier alpha value is -5.17. The van der Waals surface area contributed by atoms with Crippen LogP contribution in [0.3, 0.4) is 0 Å². The van der Waals surface area contributed by atoms with Crippen LogP contribution in [0.25, 0.3) is 21.5 Å². The summed E-state index contributed by atoms with van der Waals surface area (Å²) >= 11 is 6.17. The van der Waals surface area contributed by atoms with Gasteiger partial charge in [-0.05, 0) is 82.7 Å². The van der Waals surface area contributed by atoms with E-state index in [1.165, 1.54) is 12.1 Å². The fourth-order valence-corrected chi connectivity index (χ4v) is 5.22. The van der Waals surface area contributed by atoms with E-state index in [9.17, 15) is 18.1 Å². The molecule has 0 aliphatic heterocycles. The van der Waals surface area contributed by atoms with Crippen LogP contribution >= 0.6 is 11.6 Å². The van der Waals surface area contributed by atoms with Crippen molar-refractivity contribution < 1.29 is 18.1 Å². The van der Waals surface area contributed by atoms with E-state index >= 15 is 0 Å². The van der Waals surface area contributed by atoms with Gasteiger partial charge in [-0.2, -0.15) is 28.5 Å². The molecule has 1 aromatic heterocycles. The largest absolute Gasteiger partial charge is 0.505 e. The van der Waals surface area contributed by atoms with E-state index in [4.69, 9.17) is 11.6 Å². The Morgan fingerprint density at radius 2 is 1.51 bits per heavy atom. The second-order valence-electron chi connectivity index (χ2n) is 9.58. The molecule has 0 aliphatic rings. The molecule has 0 aliphatic carbocycles. The lowest BCUT2D eigenvalue weighted by Gasteiger charge is -2.14. The van der Waals surface area contributed by atoms with Gasteiger partial charge in [0.15, 0.2) is 5.75 Å². The lowest BCUT2D eigenvalue weighted by molar-refractivity contribution is 0.480. The van der Waals surface area contributed by atoms with Crippen molar-refractivity contribution in [3.63, 3.8) is 0 Å². The van der Waals surface area contributed by atoms with Crippen molar-refractivity contribution in [1.29, 1.82) is 0 Å². The number of benzene rings is 5. The molecule has 6 rings (SSSR count). The highest BCUT2D eigenvalue weighted by Gasteiger charge is 2.19. The normalized spacial score (nSPS) is 11.8. The third kappa shape index (κ3) is 6.21. The van der Waals surface area contributed by atoms with Crippen molar-refractivity contribution in [2.24, 2.45) is 10.2 Å². The van der Waals surface area contributed by atoms with E-state index in [2.05, 4.69) is 35.8 Å². The minimum atomic E-state index is -4.61. The predicted octanol–water partition coefficient (Wildman–Crippen LogP) is 7.99. The summed E-state index contributed by atoms with van der Waals surface area (Å²) in [5, 5.41) is 28.1. The minimum absolute atomic E-state index is 0.0495. The number of phenols is 1. The number of halogens is 1. The van der Waals surface area contributed by atoms with Crippen LogP contribution in [0.4, 0.5) is 34.6 Å². The van der Waals surface area contributed by atoms with Crippen molar-refractivity contribution in [2.75, 3.05) is 10.6 Å². The van der Waals surface area contributed by atoms with Gasteiger partial charge in [-0.15, -0.1) is 5.11 Å². The molecule has 11 nitrogen and oxygen atoms in total. The molecular formula is C30H22ClN7O4S. The molecule has 0 atom stereocenters. The van der Waals surface area contributed by atoms with E-state index in [1.807, 2.05) is 73.7 Å². The molecule has 214 valence electrons. The summed E-state index contributed by atoms with van der Waals surface area (Å²) in [6.45, 7) is 1.94. The van der Waals surface area contributed by atoms with Gasteiger partial charge in [-0.25, -0.2) is 0 Å². The standard InChI is InChI=1S/C30H22ClN7O4S/c1-17-5-4-8-21(13-17)32-29-34-28(31)35-30(36-29)33-25-16-23(43(40,41)42)15-20-10-12-24(27(39)26(20)25)38-37-22-11-9-18-6-2-3-7-19(18)14-22/h2-16,39H,1H3,(H,40,41,42)(H2,32,33,34,35,36). The molecule has 0 fully saturated rings. The van der Waals surface area contributed by atoms with E-state index in [-0.39, 0.29) is 45.1 Å². The molecule has 1 heterocycles. The lowest BCUT2D eigenvalue weighted by atomic mass is 10.1. The molecule has 0 saturated heterocycles. The SMILES string of the molecule is Cc1cccc(Nc2nc(Cl)nc(Nc3cc(S(=O)(=O)O)cc4ccc(N=Nc5ccc6ccccc6c5)c(O)c34)n2)c1. The van der Waals surface area contributed by atoms with Crippen LogP contribution in [-0.4, -0.2) is 33.0 Å². The van der Waals surface area contributed by atoms with Gasteiger partial charge in [0.2, 0.25) is 17.2 Å². The zero-order valence-corrected chi connectivity index (χ0v) is 24.0. The van der Waals surface area contributed by atoms with Gasteiger partial charge >= 0.3 is 0 Å². The van der Waals surface area contributed by atoms with Gasteiger partial charge in [-0.1, -0.05) is 48.5 Å². The second-order valence-corrected chi connectivity index (χ2v) is 11.3. The average Bonchev–Trinajstić information content (AvgIpc) is 2.96. The summed E-state index contributed by atoms with van der Waals surface area (Å²) in [6.07, 6.45) is 0. The van der Waals surface area contributed by atoms with Crippen molar-refractivity contribution in [3.05, 3.63) is 102 Å². The number of phenolic OH excluding ortho intramolecular Hbond substituents is 1. The number of hydrogen-bond donors (Lipinski definition) is 4. The van der Waals surface area contributed by atoms with E-state index in [0.717, 1.165) is 22.4 Å². The third-order valence-electron chi connectivity index (χ3n) is 6.48. The van der Waals surface area contributed by atoms with Gasteiger partial charge in [0, 0.05) is 11.1 Å². The Morgan fingerprint density at radius 3 is 2.28 bits per heavy atom. The molecule has 43 heavy (non-hydrogen) atoms. The first-order valence-corrected chi connectivity index (χ1v) is 14.6. The molecule has 0 bridgehead atoms. The molecule has 0 saturated carbocycles. The molecule has 4 N–H and O–H groups in total. The van der Waals surface area contributed by atoms with Gasteiger partial charge in [0.25, 0.3) is 10.1 Å². The first-order chi connectivity index (χ1) is 20.6. The molecule has 0 unspecified atom stereocenters. The van der Waals surface area contributed by atoms with Gasteiger partial charge in [0.05, 0.1) is 16.3 Å². The van der Waals surface area contributed by atoms with Crippen LogP contribution in [0, 0.1) is 6.92 Å².